The number of carbonyl (C=O) groups is 1. The largest absolute Gasteiger partial charge is 0.378 e. The van der Waals surface area contributed by atoms with Gasteiger partial charge in [0.05, 0.1) is 12.7 Å². The summed E-state index contributed by atoms with van der Waals surface area (Å²) in [6.07, 6.45) is 2.15. The second-order valence-corrected chi connectivity index (χ2v) is 5.79. The minimum Gasteiger partial charge on any atom is -0.378 e. The standard InChI is InChI=1S/C14H26N2O3.ClH/c1-10(2)13-11(4-3-6-19-13)8-16-14(17)12-9-15-5-7-18-12;/h10-13,15H,3-9H2,1-2H3,(H,16,17);1H. The van der Waals surface area contributed by atoms with E-state index in [4.69, 9.17) is 9.47 Å². The number of amides is 1. The first kappa shape index (κ1) is 17.7. The molecule has 2 rings (SSSR count). The summed E-state index contributed by atoms with van der Waals surface area (Å²) in [5.41, 5.74) is 0. The minimum atomic E-state index is -0.337. The Hall–Kier alpha value is -0.360. The lowest BCUT2D eigenvalue weighted by Crippen LogP contribution is -2.50. The quantitative estimate of drug-likeness (QED) is 0.812. The Kier molecular flexibility index (Phi) is 7.80. The van der Waals surface area contributed by atoms with Crippen LogP contribution in [0.4, 0.5) is 0 Å². The molecule has 0 aromatic carbocycles. The van der Waals surface area contributed by atoms with E-state index in [0.717, 1.165) is 26.0 Å². The summed E-state index contributed by atoms with van der Waals surface area (Å²) in [6, 6.07) is 0. The molecule has 5 nitrogen and oxygen atoms in total. The summed E-state index contributed by atoms with van der Waals surface area (Å²) in [5, 5.41) is 6.19. The molecule has 2 N–H and O–H groups in total. The number of carbonyl (C=O) groups excluding carboxylic acids is 1. The second-order valence-electron chi connectivity index (χ2n) is 5.79. The molecule has 2 aliphatic rings. The first-order valence-corrected chi connectivity index (χ1v) is 7.40. The summed E-state index contributed by atoms with van der Waals surface area (Å²) in [7, 11) is 0. The van der Waals surface area contributed by atoms with Crippen LogP contribution in [0.3, 0.4) is 0 Å². The van der Waals surface area contributed by atoms with Crippen LogP contribution in [0.5, 0.6) is 0 Å². The fourth-order valence-corrected chi connectivity index (χ4v) is 2.90. The van der Waals surface area contributed by atoms with E-state index in [0.29, 0.717) is 31.5 Å². The van der Waals surface area contributed by atoms with E-state index >= 15 is 0 Å². The molecule has 0 aromatic heterocycles. The zero-order valence-electron chi connectivity index (χ0n) is 12.4. The molecule has 2 aliphatic heterocycles. The molecule has 6 heteroatoms. The lowest BCUT2D eigenvalue weighted by atomic mass is 9.87. The first-order chi connectivity index (χ1) is 9.18. The van der Waals surface area contributed by atoms with Gasteiger partial charge in [0, 0.05) is 32.2 Å². The Bertz CT molecular complexity index is 296. The van der Waals surface area contributed by atoms with Crippen molar-refractivity contribution in [2.45, 2.75) is 38.9 Å². The number of hydrogen-bond acceptors (Lipinski definition) is 4. The van der Waals surface area contributed by atoms with Gasteiger partial charge in [-0.1, -0.05) is 13.8 Å². The number of hydrogen-bond donors (Lipinski definition) is 2. The van der Waals surface area contributed by atoms with Crippen LogP contribution in [-0.2, 0) is 14.3 Å². The van der Waals surface area contributed by atoms with Crippen LogP contribution in [-0.4, -0.2) is 51.0 Å². The van der Waals surface area contributed by atoms with Crippen LogP contribution >= 0.6 is 12.4 Å². The number of halogens is 1. The molecule has 2 fully saturated rings. The number of morpholine rings is 1. The van der Waals surface area contributed by atoms with E-state index in [2.05, 4.69) is 24.5 Å². The molecular weight excluding hydrogens is 280 g/mol. The Morgan fingerprint density at radius 2 is 2.15 bits per heavy atom. The molecule has 0 aromatic rings. The van der Waals surface area contributed by atoms with Crippen molar-refractivity contribution in [2.75, 3.05) is 32.8 Å². The van der Waals surface area contributed by atoms with Gasteiger partial charge in [-0.3, -0.25) is 4.79 Å². The molecule has 0 spiro atoms. The lowest BCUT2D eigenvalue weighted by molar-refractivity contribution is -0.135. The van der Waals surface area contributed by atoms with Crippen molar-refractivity contribution >= 4 is 18.3 Å². The monoisotopic (exact) mass is 306 g/mol. The molecule has 1 amide bonds. The molecule has 0 aliphatic carbocycles. The van der Waals surface area contributed by atoms with Gasteiger partial charge in [0.25, 0.3) is 0 Å². The third-order valence-corrected chi connectivity index (χ3v) is 3.91. The highest BCUT2D eigenvalue weighted by molar-refractivity contribution is 5.85. The smallest absolute Gasteiger partial charge is 0.250 e. The molecular formula is C14H27ClN2O3. The van der Waals surface area contributed by atoms with Crippen molar-refractivity contribution in [2.24, 2.45) is 11.8 Å². The van der Waals surface area contributed by atoms with Crippen molar-refractivity contribution in [3.63, 3.8) is 0 Å². The molecule has 20 heavy (non-hydrogen) atoms. The molecule has 2 heterocycles. The number of rotatable bonds is 4. The van der Waals surface area contributed by atoms with Crippen LogP contribution in [0.15, 0.2) is 0 Å². The second kappa shape index (κ2) is 8.82. The molecule has 3 atom stereocenters. The van der Waals surface area contributed by atoms with Gasteiger partial charge in [0.1, 0.15) is 6.10 Å². The average Bonchev–Trinajstić information content (AvgIpc) is 2.46. The zero-order chi connectivity index (χ0) is 13.7. The van der Waals surface area contributed by atoms with E-state index in [1.165, 1.54) is 0 Å². The van der Waals surface area contributed by atoms with E-state index in [1.54, 1.807) is 0 Å². The van der Waals surface area contributed by atoms with E-state index < -0.39 is 0 Å². The van der Waals surface area contributed by atoms with Gasteiger partial charge < -0.3 is 20.1 Å². The minimum absolute atomic E-state index is 0. The van der Waals surface area contributed by atoms with Crippen LogP contribution in [0.1, 0.15) is 26.7 Å². The van der Waals surface area contributed by atoms with Gasteiger partial charge in [-0.2, -0.15) is 0 Å². The summed E-state index contributed by atoms with van der Waals surface area (Å²) >= 11 is 0. The van der Waals surface area contributed by atoms with E-state index in [-0.39, 0.29) is 30.5 Å². The van der Waals surface area contributed by atoms with Crippen LogP contribution in [0.2, 0.25) is 0 Å². The Labute approximate surface area is 127 Å². The zero-order valence-corrected chi connectivity index (χ0v) is 13.2. The topological polar surface area (TPSA) is 59.6 Å². The third kappa shape index (κ3) is 4.88. The maximum absolute atomic E-state index is 12.0. The van der Waals surface area contributed by atoms with Crippen molar-refractivity contribution in [1.29, 1.82) is 0 Å². The van der Waals surface area contributed by atoms with Crippen molar-refractivity contribution in [3.05, 3.63) is 0 Å². The molecule has 0 bridgehead atoms. The van der Waals surface area contributed by atoms with Gasteiger partial charge in [-0.05, 0) is 18.8 Å². The van der Waals surface area contributed by atoms with Gasteiger partial charge in [-0.15, -0.1) is 12.4 Å². The number of nitrogens with one attached hydrogen (secondary N) is 2. The van der Waals surface area contributed by atoms with E-state index in [9.17, 15) is 4.79 Å². The van der Waals surface area contributed by atoms with Crippen molar-refractivity contribution in [3.8, 4) is 0 Å². The average molecular weight is 307 g/mol. The number of ether oxygens (including phenoxy) is 2. The highest BCUT2D eigenvalue weighted by atomic mass is 35.5. The Morgan fingerprint density at radius 1 is 1.35 bits per heavy atom. The molecule has 2 saturated heterocycles. The lowest BCUT2D eigenvalue weighted by Gasteiger charge is -2.35. The fourth-order valence-electron chi connectivity index (χ4n) is 2.90. The summed E-state index contributed by atoms with van der Waals surface area (Å²) in [6.45, 7) is 7.96. The van der Waals surface area contributed by atoms with Gasteiger partial charge in [-0.25, -0.2) is 0 Å². The summed E-state index contributed by atoms with van der Waals surface area (Å²) in [5.74, 6) is 0.921. The van der Waals surface area contributed by atoms with Crippen LogP contribution in [0, 0.1) is 11.8 Å². The molecule has 0 radical (unpaired) electrons. The molecule has 3 unspecified atom stereocenters. The maximum Gasteiger partial charge on any atom is 0.250 e. The Morgan fingerprint density at radius 3 is 2.80 bits per heavy atom. The maximum atomic E-state index is 12.0. The van der Waals surface area contributed by atoms with Gasteiger partial charge in [0.15, 0.2) is 0 Å². The van der Waals surface area contributed by atoms with Crippen LogP contribution in [0.25, 0.3) is 0 Å². The molecule has 0 saturated carbocycles. The van der Waals surface area contributed by atoms with Gasteiger partial charge in [0.2, 0.25) is 5.91 Å². The van der Waals surface area contributed by atoms with Crippen molar-refractivity contribution in [1.82, 2.24) is 10.6 Å². The predicted molar refractivity (Wildman–Crippen MR) is 80.2 cm³/mol. The van der Waals surface area contributed by atoms with E-state index in [1.807, 2.05) is 0 Å². The summed E-state index contributed by atoms with van der Waals surface area (Å²) in [4.78, 5) is 12.0. The predicted octanol–water partition coefficient (Wildman–Crippen LogP) is 0.964. The highest BCUT2D eigenvalue weighted by Gasteiger charge is 2.30. The highest BCUT2D eigenvalue weighted by Crippen LogP contribution is 2.25. The van der Waals surface area contributed by atoms with Gasteiger partial charge >= 0.3 is 0 Å². The Balaban J connectivity index is 0.00000200. The van der Waals surface area contributed by atoms with Crippen molar-refractivity contribution < 1.29 is 14.3 Å². The van der Waals surface area contributed by atoms with Crippen LogP contribution < -0.4 is 10.6 Å². The first-order valence-electron chi connectivity index (χ1n) is 7.40. The summed E-state index contributed by atoms with van der Waals surface area (Å²) < 4.78 is 11.3. The normalized spacial score (nSPS) is 30.6. The molecule has 118 valence electrons. The third-order valence-electron chi connectivity index (χ3n) is 3.91. The fraction of sp³-hybridized carbons (Fsp3) is 0.929. The SMILES string of the molecule is CC(C)C1OCCCC1CNC(=O)C1CNCCO1.Cl.